The second-order valence-electron chi connectivity index (χ2n) is 5.79. The molecule has 6 heteroatoms. The fraction of sp³-hybridized carbons (Fsp3) is 0.600. The van der Waals surface area contributed by atoms with Crippen molar-refractivity contribution >= 4 is 10.0 Å². The lowest BCUT2D eigenvalue weighted by molar-refractivity contribution is -0.0247. The van der Waals surface area contributed by atoms with Gasteiger partial charge in [0.2, 0.25) is 10.0 Å². The maximum absolute atomic E-state index is 12.6. The number of nitrogens with zero attached hydrogens (tertiary/aromatic N) is 2. The molecule has 0 bridgehead atoms. The van der Waals surface area contributed by atoms with Crippen LogP contribution in [-0.4, -0.2) is 64.1 Å². The van der Waals surface area contributed by atoms with Gasteiger partial charge in [0.15, 0.2) is 0 Å². The molecule has 1 heterocycles. The smallest absolute Gasteiger partial charge is 0.242 e. The maximum Gasteiger partial charge on any atom is 0.242 e. The van der Waals surface area contributed by atoms with Gasteiger partial charge in [0.25, 0.3) is 0 Å². The number of hydrogen-bond acceptors (Lipinski definition) is 4. The fourth-order valence-corrected chi connectivity index (χ4v) is 3.70. The van der Waals surface area contributed by atoms with Gasteiger partial charge in [-0.1, -0.05) is 6.07 Å². The zero-order valence-corrected chi connectivity index (χ0v) is 14.0. The average molecular weight is 312 g/mol. The topological polar surface area (TPSA) is 49.9 Å². The first-order chi connectivity index (χ1) is 9.80. The summed E-state index contributed by atoms with van der Waals surface area (Å²) in [7, 11) is 0.174. The molecule has 1 aromatic rings. The number of hydrogen-bond donors (Lipinski definition) is 0. The molecule has 1 aliphatic rings. The van der Waals surface area contributed by atoms with Crippen molar-refractivity contribution in [3.05, 3.63) is 29.3 Å². The number of benzene rings is 1. The van der Waals surface area contributed by atoms with E-state index < -0.39 is 10.0 Å². The van der Waals surface area contributed by atoms with E-state index in [1.807, 2.05) is 27.0 Å². The molecule has 0 aliphatic carbocycles. The molecule has 1 atom stereocenters. The van der Waals surface area contributed by atoms with Crippen LogP contribution in [0, 0.1) is 13.8 Å². The van der Waals surface area contributed by atoms with Crippen LogP contribution in [0.2, 0.25) is 0 Å². The molecule has 0 spiro atoms. The minimum absolute atomic E-state index is 0.0740. The van der Waals surface area contributed by atoms with Crippen molar-refractivity contribution in [2.75, 3.05) is 40.3 Å². The quantitative estimate of drug-likeness (QED) is 0.840. The lowest BCUT2D eigenvalue weighted by Crippen LogP contribution is -2.46. The van der Waals surface area contributed by atoms with Crippen LogP contribution in [0.3, 0.4) is 0 Å². The molecule has 118 valence electrons. The molecular formula is C15H24N2O3S. The third kappa shape index (κ3) is 3.83. The van der Waals surface area contributed by atoms with Gasteiger partial charge < -0.3 is 9.64 Å². The molecule has 2 rings (SSSR count). The van der Waals surface area contributed by atoms with Crippen LogP contribution in [0.15, 0.2) is 23.1 Å². The predicted octanol–water partition coefficient (Wildman–Crippen LogP) is 1.25. The van der Waals surface area contributed by atoms with Crippen molar-refractivity contribution in [3.8, 4) is 0 Å². The summed E-state index contributed by atoms with van der Waals surface area (Å²) in [6.45, 7) is 6.57. The van der Waals surface area contributed by atoms with Crippen molar-refractivity contribution in [2.45, 2.75) is 24.8 Å². The van der Waals surface area contributed by atoms with E-state index in [1.54, 1.807) is 19.2 Å². The first-order valence-corrected chi connectivity index (χ1v) is 8.58. The van der Waals surface area contributed by atoms with Gasteiger partial charge in [-0.3, -0.25) is 0 Å². The normalized spacial score (nSPS) is 20.9. The number of morpholine rings is 1. The summed E-state index contributed by atoms with van der Waals surface area (Å²) >= 11 is 0. The van der Waals surface area contributed by atoms with Gasteiger partial charge in [-0.15, -0.1) is 0 Å². The third-order valence-corrected chi connectivity index (χ3v) is 5.81. The molecule has 5 nitrogen and oxygen atoms in total. The Labute approximate surface area is 127 Å². The highest BCUT2D eigenvalue weighted by molar-refractivity contribution is 7.89. The lowest BCUT2D eigenvalue weighted by atomic mass is 10.1. The lowest BCUT2D eigenvalue weighted by Gasteiger charge is -2.32. The van der Waals surface area contributed by atoms with E-state index in [4.69, 9.17) is 4.74 Å². The number of rotatable bonds is 4. The molecule has 1 aliphatic heterocycles. The summed E-state index contributed by atoms with van der Waals surface area (Å²) in [6, 6.07) is 5.25. The summed E-state index contributed by atoms with van der Waals surface area (Å²) in [5, 5.41) is 0. The van der Waals surface area contributed by atoms with E-state index in [2.05, 4.69) is 4.90 Å². The monoisotopic (exact) mass is 312 g/mol. The van der Waals surface area contributed by atoms with E-state index in [-0.39, 0.29) is 6.10 Å². The molecule has 0 saturated carbocycles. The second-order valence-corrected chi connectivity index (χ2v) is 7.83. The molecule has 0 N–H and O–H groups in total. The Bertz CT molecular complexity index is 601. The zero-order chi connectivity index (χ0) is 15.6. The van der Waals surface area contributed by atoms with E-state index in [9.17, 15) is 8.42 Å². The molecule has 1 fully saturated rings. The first-order valence-electron chi connectivity index (χ1n) is 7.14. The highest BCUT2D eigenvalue weighted by Gasteiger charge is 2.26. The van der Waals surface area contributed by atoms with Crippen LogP contribution in [0.5, 0.6) is 0 Å². The highest BCUT2D eigenvalue weighted by atomic mass is 32.2. The van der Waals surface area contributed by atoms with Gasteiger partial charge in [-0.2, -0.15) is 4.31 Å². The molecule has 1 aromatic carbocycles. The van der Waals surface area contributed by atoms with Crippen LogP contribution in [0.1, 0.15) is 11.1 Å². The minimum Gasteiger partial charge on any atom is -0.374 e. The molecule has 0 radical (unpaired) electrons. The molecule has 0 aromatic heterocycles. The Balaban J connectivity index is 2.12. The molecule has 21 heavy (non-hydrogen) atoms. The largest absolute Gasteiger partial charge is 0.374 e. The number of sulfonamides is 1. The average Bonchev–Trinajstić information content (AvgIpc) is 2.41. The minimum atomic E-state index is -3.46. The third-order valence-electron chi connectivity index (χ3n) is 3.99. The summed E-state index contributed by atoms with van der Waals surface area (Å²) in [5.74, 6) is 0. The van der Waals surface area contributed by atoms with Crippen LogP contribution >= 0.6 is 0 Å². The summed E-state index contributed by atoms with van der Waals surface area (Å²) in [4.78, 5) is 2.50. The van der Waals surface area contributed by atoms with Gasteiger partial charge in [0.05, 0.1) is 17.6 Å². The maximum atomic E-state index is 12.6. The van der Waals surface area contributed by atoms with Crippen molar-refractivity contribution < 1.29 is 13.2 Å². The van der Waals surface area contributed by atoms with Gasteiger partial charge in [0.1, 0.15) is 0 Å². The second kappa shape index (κ2) is 6.44. The SMILES string of the molecule is Cc1ccc(S(=O)(=O)N(C)CC2CN(C)CCO2)cc1C. The van der Waals surface area contributed by atoms with Crippen molar-refractivity contribution in [2.24, 2.45) is 0 Å². The Morgan fingerprint density at radius 3 is 2.67 bits per heavy atom. The molecule has 1 unspecified atom stereocenters. The van der Waals surface area contributed by atoms with E-state index in [1.165, 1.54) is 4.31 Å². The van der Waals surface area contributed by atoms with Crippen LogP contribution in [0.25, 0.3) is 0 Å². The molecular weight excluding hydrogens is 288 g/mol. The molecule has 1 saturated heterocycles. The highest BCUT2D eigenvalue weighted by Crippen LogP contribution is 2.19. The van der Waals surface area contributed by atoms with Crippen LogP contribution in [0.4, 0.5) is 0 Å². The van der Waals surface area contributed by atoms with Crippen molar-refractivity contribution in [1.82, 2.24) is 9.21 Å². The Morgan fingerprint density at radius 2 is 2.05 bits per heavy atom. The number of aryl methyl sites for hydroxylation is 2. The van der Waals surface area contributed by atoms with Gasteiger partial charge >= 0.3 is 0 Å². The summed E-state index contributed by atoms with van der Waals surface area (Å²) in [6.07, 6.45) is -0.0740. The Hall–Kier alpha value is -0.950. The number of ether oxygens (including phenoxy) is 1. The van der Waals surface area contributed by atoms with Crippen LogP contribution < -0.4 is 0 Å². The summed E-state index contributed by atoms with van der Waals surface area (Å²) in [5.41, 5.74) is 2.08. The van der Waals surface area contributed by atoms with Gasteiger partial charge in [-0.25, -0.2) is 8.42 Å². The van der Waals surface area contributed by atoms with Gasteiger partial charge in [0, 0.05) is 26.7 Å². The van der Waals surface area contributed by atoms with E-state index in [0.717, 1.165) is 24.2 Å². The molecule has 0 amide bonds. The van der Waals surface area contributed by atoms with Crippen molar-refractivity contribution in [3.63, 3.8) is 0 Å². The zero-order valence-electron chi connectivity index (χ0n) is 13.2. The van der Waals surface area contributed by atoms with E-state index >= 15 is 0 Å². The van der Waals surface area contributed by atoms with E-state index in [0.29, 0.717) is 18.0 Å². The Morgan fingerprint density at radius 1 is 1.33 bits per heavy atom. The summed E-state index contributed by atoms with van der Waals surface area (Å²) < 4.78 is 32.3. The van der Waals surface area contributed by atoms with Crippen LogP contribution in [-0.2, 0) is 14.8 Å². The predicted molar refractivity (Wildman–Crippen MR) is 83.0 cm³/mol. The Kier molecular flexibility index (Phi) is 5.03. The standard InChI is InChI=1S/C15H24N2O3S/c1-12-5-6-15(9-13(12)2)21(18,19)17(4)11-14-10-16(3)7-8-20-14/h5-6,9,14H,7-8,10-11H2,1-4H3. The fourth-order valence-electron chi connectivity index (χ4n) is 2.42. The van der Waals surface area contributed by atoms with Crippen molar-refractivity contribution in [1.29, 1.82) is 0 Å². The first kappa shape index (κ1) is 16.4. The number of likely N-dealkylation sites (N-methyl/N-ethyl adjacent to an activating group) is 2. The van der Waals surface area contributed by atoms with Gasteiger partial charge in [-0.05, 0) is 44.2 Å².